The van der Waals surface area contributed by atoms with Crippen molar-refractivity contribution in [1.82, 2.24) is 9.80 Å². The molecule has 0 aliphatic carbocycles. The van der Waals surface area contributed by atoms with Crippen LogP contribution in [-0.2, 0) is 4.79 Å². The van der Waals surface area contributed by atoms with E-state index >= 15 is 0 Å². The van der Waals surface area contributed by atoms with Crippen molar-refractivity contribution in [2.45, 2.75) is 51.5 Å². The van der Waals surface area contributed by atoms with Gasteiger partial charge in [0.05, 0.1) is 0 Å². The largest absolute Gasteiger partial charge is 0.338 e. The van der Waals surface area contributed by atoms with Crippen LogP contribution in [0.2, 0.25) is 0 Å². The van der Waals surface area contributed by atoms with Gasteiger partial charge in [-0.25, -0.2) is 0 Å². The predicted octanol–water partition coefficient (Wildman–Crippen LogP) is 1.45. The molecule has 4 heteroatoms. The van der Waals surface area contributed by atoms with Crippen molar-refractivity contribution in [2.24, 2.45) is 11.7 Å². The first-order chi connectivity index (χ1) is 9.24. The summed E-state index contributed by atoms with van der Waals surface area (Å²) in [5.74, 6) is 1.08. The fraction of sp³-hybridized carbons (Fsp3) is 0.933. The highest BCUT2D eigenvalue weighted by Crippen LogP contribution is 2.25. The molecule has 19 heavy (non-hydrogen) atoms. The first-order valence-corrected chi connectivity index (χ1v) is 7.96. The number of hydrogen-bond donors (Lipinski definition) is 1. The van der Waals surface area contributed by atoms with Crippen molar-refractivity contribution in [3.8, 4) is 0 Å². The molecule has 0 bridgehead atoms. The van der Waals surface area contributed by atoms with E-state index in [1.165, 1.54) is 32.4 Å². The zero-order chi connectivity index (χ0) is 13.7. The maximum atomic E-state index is 12.4. The molecule has 2 rings (SSSR count). The summed E-state index contributed by atoms with van der Waals surface area (Å²) in [5.41, 5.74) is 5.86. The van der Waals surface area contributed by atoms with Crippen molar-refractivity contribution in [3.63, 3.8) is 0 Å². The minimum Gasteiger partial charge on any atom is -0.338 e. The van der Waals surface area contributed by atoms with Gasteiger partial charge in [-0.15, -0.1) is 0 Å². The minimum absolute atomic E-state index is 0.282. The van der Waals surface area contributed by atoms with Gasteiger partial charge in [0.25, 0.3) is 0 Å². The summed E-state index contributed by atoms with van der Waals surface area (Å²) in [5, 5.41) is 0. The molecule has 4 nitrogen and oxygen atoms in total. The SMILES string of the molecule is CCC1CCN(C(=O)CCN2CCCC2)C(CN)C1. The minimum atomic E-state index is 0.282. The summed E-state index contributed by atoms with van der Waals surface area (Å²) in [6, 6.07) is 0.282. The van der Waals surface area contributed by atoms with Gasteiger partial charge in [-0.2, -0.15) is 0 Å². The van der Waals surface area contributed by atoms with E-state index in [1.54, 1.807) is 0 Å². The summed E-state index contributed by atoms with van der Waals surface area (Å²) in [6.45, 7) is 7.05. The van der Waals surface area contributed by atoms with Gasteiger partial charge in [-0.1, -0.05) is 13.3 Å². The van der Waals surface area contributed by atoms with Gasteiger partial charge in [0.15, 0.2) is 0 Å². The van der Waals surface area contributed by atoms with Crippen molar-refractivity contribution < 1.29 is 4.79 Å². The molecule has 2 heterocycles. The van der Waals surface area contributed by atoms with Crippen molar-refractivity contribution in [3.05, 3.63) is 0 Å². The number of likely N-dealkylation sites (tertiary alicyclic amines) is 2. The third-order valence-electron chi connectivity index (χ3n) is 4.83. The summed E-state index contributed by atoms with van der Waals surface area (Å²) in [6.07, 6.45) is 6.73. The Hall–Kier alpha value is -0.610. The molecule has 1 amide bonds. The zero-order valence-corrected chi connectivity index (χ0v) is 12.3. The van der Waals surface area contributed by atoms with Crippen molar-refractivity contribution in [1.29, 1.82) is 0 Å². The molecule has 2 unspecified atom stereocenters. The monoisotopic (exact) mass is 267 g/mol. The molecule has 2 aliphatic heterocycles. The van der Waals surface area contributed by atoms with Crippen LogP contribution in [0.3, 0.4) is 0 Å². The van der Waals surface area contributed by atoms with E-state index in [0.717, 1.165) is 31.8 Å². The van der Waals surface area contributed by atoms with E-state index in [-0.39, 0.29) is 6.04 Å². The van der Waals surface area contributed by atoms with Crippen LogP contribution >= 0.6 is 0 Å². The Labute approximate surface area is 117 Å². The average Bonchev–Trinajstić information content (AvgIpc) is 2.97. The molecule has 2 fully saturated rings. The highest BCUT2D eigenvalue weighted by atomic mass is 16.2. The topological polar surface area (TPSA) is 49.6 Å². The molecule has 2 N–H and O–H groups in total. The Bertz CT molecular complexity index is 289. The molecule has 2 saturated heterocycles. The molecule has 2 aliphatic rings. The van der Waals surface area contributed by atoms with Crippen LogP contribution in [0.1, 0.15) is 45.4 Å². The van der Waals surface area contributed by atoms with Crippen LogP contribution in [0.5, 0.6) is 0 Å². The number of nitrogens with two attached hydrogens (primary N) is 1. The lowest BCUT2D eigenvalue weighted by molar-refractivity contribution is -0.135. The second kappa shape index (κ2) is 7.25. The Morgan fingerprint density at radius 1 is 1.26 bits per heavy atom. The number of carbonyl (C=O) groups excluding carboxylic acids is 1. The van der Waals surface area contributed by atoms with Crippen molar-refractivity contribution >= 4 is 5.91 Å². The summed E-state index contributed by atoms with van der Waals surface area (Å²) < 4.78 is 0. The molecule has 0 saturated carbocycles. The zero-order valence-electron chi connectivity index (χ0n) is 12.3. The van der Waals surface area contributed by atoms with Crippen LogP contribution in [-0.4, -0.2) is 54.5 Å². The molecule has 0 radical (unpaired) electrons. The Morgan fingerprint density at radius 3 is 2.63 bits per heavy atom. The lowest BCUT2D eigenvalue weighted by atomic mass is 9.88. The van der Waals surface area contributed by atoms with Gasteiger partial charge in [0.2, 0.25) is 5.91 Å². The molecule has 0 aromatic carbocycles. The van der Waals surface area contributed by atoms with E-state index in [0.29, 0.717) is 18.9 Å². The Balaban J connectivity index is 1.79. The van der Waals surface area contributed by atoms with E-state index in [4.69, 9.17) is 5.73 Å². The smallest absolute Gasteiger partial charge is 0.224 e. The molecular formula is C15H29N3O. The lowest BCUT2D eigenvalue weighted by Crippen LogP contribution is -2.50. The number of hydrogen-bond acceptors (Lipinski definition) is 3. The first kappa shape index (κ1) is 14.8. The van der Waals surface area contributed by atoms with E-state index in [9.17, 15) is 4.79 Å². The first-order valence-electron chi connectivity index (χ1n) is 7.96. The fourth-order valence-corrected chi connectivity index (χ4v) is 3.46. The van der Waals surface area contributed by atoms with Gasteiger partial charge < -0.3 is 15.5 Å². The molecule has 0 spiro atoms. The number of piperidine rings is 1. The summed E-state index contributed by atoms with van der Waals surface area (Å²) in [4.78, 5) is 16.8. The van der Waals surface area contributed by atoms with Gasteiger partial charge in [-0.05, 0) is 44.7 Å². The highest BCUT2D eigenvalue weighted by molar-refractivity contribution is 5.76. The lowest BCUT2D eigenvalue weighted by Gasteiger charge is -2.39. The van der Waals surface area contributed by atoms with Crippen LogP contribution in [0.4, 0.5) is 0 Å². The maximum absolute atomic E-state index is 12.4. The van der Waals surface area contributed by atoms with Gasteiger partial charge in [-0.3, -0.25) is 4.79 Å². The molecule has 0 aromatic rings. The normalized spacial score (nSPS) is 28.8. The number of nitrogens with zero attached hydrogens (tertiary/aromatic N) is 2. The Kier molecular flexibility index (Phi) is 5.64. The molecular weight excluding hydrogens is 238 g/mol. The highest BCUT2D eigenvalue weighted by Gasteiger charge is 2.29. The summed E-state index contributed by atoms with van der Waals surface area (Å²) in [7, 11) is 0. The van der Waals surface area contributed by atoms with Crippen LogP contribution in [0.25, 0.3) is 0 Å². The van der Waals surface area contributed by atoms with Crippen LogP contribution < -0.4 is 5.73 Å². The summed E-state index contributed by atoms with van der Waals surface area (Å²) >= 11 is 0. The second-order valence-corrected chi connectivity index (χ2v) is 6.07. The predicted molar refractivity (Wildman–Crippen MR) is 77.9 cm³/mol. The third kappa shape index (κ3) is 3.93. The number of rotatable bonds is 5. The van der Waals surface area contributed by atoms with Crippen molar-refractivity contribution in [2.75, 3.05) is 32.7 Å². The van der Waals surface area contributed by atoms with Crippen LogP contribution in [0.15, 0.2) is 0 Å². The van der Waals surface area contributed by atoms with E-state index in [1.807, 2.05) is 0 Å². The third-order valence-corrected chi connectivity index (χ3v) is 4.83. The molecule has 0 aromatic heterocycles. The van der Waals surface area contributed by atoms with E-state index < -0.39 is 0 Å². The molecule has 110 valence electrons. The number of amides is 1. The molecule has 2 atom stereocenters. The number of carbonyl (C=O) groups is 1. The quantitative estimate of drug-likeness (QED) is 0.820. The van der Waals surface area contributed by atoms with Gasteiger partial charge in [0, 0.05) is 32.1 Å². The maximum Gasteiger partial charge on any atom is 0.224 e. The fourth-order valence-electron chi connectivity index (χ4n) is 3.46. The van der Waals surface area contributed by atoms with E-state index in [2.05, 4.69) is 16.7 Å². The second-order valence-electron chi connectivity index (χ2n) is 6.07. The van der Waals surface area contributed by atoms with Gasteiger partial charge in [0.1, 0.15) is 0 Å². The van der Waals surface area contributed by atoms with Crippen LogP contribution in [0, 0.1) is 5.92 Å². The standard InChI is InChI=1S/C15H29N3O/c1-2-13-5-10-18(14(11-13)12-16)15(19)6-9-17-7-3-4-8-17/h13-14H,2-12,16H2,1H3. The van der Waals surface area contributed by atoms with Gasteiger partial charge >= 0.3 is 0 Å². The Morgan fingerprint density at radius 2 is 2.00 bits per heavy atom. The average molecular weight is 267 g/mol.